The van der Waals surface area contributed by atoms with E-state index in [0.717, 1.165) is 33.9 Å². The smallest absolute Gasteiger partial charge is 0.324 e. The zero-order valence-corrected chi connectivity index (χ0v) is 23.8. The molecule has 0 aliphatic rings. The zero-order chi connectivity index (χ0) is 28.2. The first-order valence-corrected chi connectivity index (χ1v) is 14.8. The van der Waals surface area contributed by atoms with Crippen LogP contribution in [0.2, 0.25) is 0 Å². The van der Waals surface area contributed by atoms with Gasteiger partial charge in [-0.1, -0.05) is 36.0 Å². The van der Waals surface area contributed by atoms with Gasteiger partial charge in [0.25, 0.3) is 5.91 Å². The molecule has 11 nitrogen and oxygen atoms in total. The molecule has 14 heteroatoms. The Morgan fingerprint density at radius 1 is 1.15 bits per heavy atom. The van der Waals surface area contributed by atoms with Gasteiger partial charge in [-0.3, -0.25) is 14.9 Å². The molecule has 0 saturated heterocycles. The molecule has 204 valence electrons. The van der Waals surface area contributed by atoms with Crippen LogP contribution in [0.4, 0.5) is 10.1 Å². The third-order valence-electron chi connectivity index (χ3n) is 5.69. The monoisotopic (exact) mass is 587 g/mol. The van der Waals surface area contributed by atoms with Gasteiger partial charge in [-0.25, -0.2) is 17.7 Å². The summed E-state index contributed by atoms with van der Waals surface area (Å²) < 4.78 is 33.1. The van der Waals surface area contributed by atoms with E-state index in [1.54, 1.807) is 25.3 Å². The van der Waals surface area contributed by atoms with E-state index in [2.05, 4.69) is 10.1 Å². The number of nitro groups is 1. The van der Waals surface area contributed by atoms with Crippen LogP contribution in [0.3, 0.4) is 0 Å². The molecule has 0 aliphatic carbocycles. The highest BCUT2D eigenvalue weighted by molar-refractivity contribution is 7.89. The van der Waals surface area contributed by atoms with Crippen LogP contribution in [0.25, 0.3) is 10.2 Å². The topological polar surface area (TPSA) is 135 Å². The SMILES string of the molecule is CCCCN(C)S(=O)(=O)c1ccc(C(=O)N(/N=C/c2ccc([N+](=O)[O-])s2)c2nc3ccc(OC)cc3s2)cc1. The molecule has 0 saturated carbocycles. The zero-order valence-electron chi connectivity index (χ0n) is 21.3. The van der Waals surface area contributed by atoms with Gasteiger partial charge in [0.05, 0.1) is 38.2 Å². The molecule has 0 radical (unpaired) electrons. The lowest BCUT2D eigenvalue weighted by molar-refractivity contribution is -0.380. The molecule has 0 N–H and O–H groups in total. The number of benzene rings is 2. The second kappa shape index (κ2) is 12.0. The maximum atomic E-state index is 13.6. The molecular weight excluding hydrogens is 563 g/mol. The Balaban J connectivity index is 1.68. The Morgan fingerprint density at radius 2 is 1.90 bits per heavy atom. The quantitative estimate of drug-likeness (QED) is 0.131. The minimum Gasteiger partial charge on any atom is -0.497 e. The van der Waals surface area contributed by atoms with Crippen molar-refractivity contribution in [2.45, 2.75) is 24.7 Å². The fourth-order valence-electron chi connectivity index (χ4n) is 3.50. The number of nitrogens with zero attached hydrogens (tertiary/aromatic N) is 5. The summed E-state index contributed by atoms with van der Waals surface area (Å²) in [6.45, 7) is 2.38. The molecule has 0 atom stereocenters. The number of hydrazone groups is 1. The number of methoxy groups -OCH3 is 1. The molecule has 0 aliphatic heterocycles. The van der Waals surface area contributed by atoms with E-state index in [4.69, 9.17) is 4.74 Å². The van der Waals surface area contributed by atoms with Crippen LogP contribution in [0.5, 0.6) is 5.75 Å². The molecule has 2 aromatic carbocycles. The molecule has 0 bridgehead atoms. The summed E-state index contributed by atoms with van der Waals surface area (Å²) in [6, 6.07) is 13.8. The van der Waals surface area contributed by atoms with Gasteiger partial charge in [-0.15, -0.1) is 0 Å². The number of anilines is 1. The Hall–Kier alpha value is -3.72. The van der Waals surface area contributed by atoms with Gasteiger partial charge in [0.15, 0.2) is 0 Å². The summed E-state index contributed by atoms with van der Waals surface area (Å²) in [5.74, 6) is 0.0808. The number of hydrogen-bond donors (Lipinski definition) is 0. The Kier molecular flexibility index (Phi) is 8.70. The number of fused-ring (bicyclic) bond motifs is 1. The van der Waals surface area contributed by atoms with Crippen LogP contribution in [0.15, 0.2) is 64.6 Å². The number of hydrogen-bond acceptors (Lipinski definition) is 10. The summed E-state index contributed by atoms with van der Waals surface area (Å²) in [6.07, 6.45) is 2.95. The van der Waals surface area contributed by atoms with Crippen molar-refractivity contribution in [2.24, 2.45) is 5.10 Å². The van der Waals surface area contributed by atoms with E-state index in [0.29, 0.717) is 22.7 Å². The van der Waals surface area contributed by atoms with E-state index >= 15 is 0 Å². The van der Waals surface area contributed by atoms with Crippen LogP contribution in [0.1, 0.15) is 35.0 Å². The molecule has 39 heavy (non-hydrogen) atoms. The Labute approximate surface area is 233 Å². The molecule has 0 unspecified atom stereocenters. The van der Waals surface area contributed by atoms with Crippen LogP contribution >= 0.6 is 22.7 Å². The lowest BCUT2D eigenvalue weighted by atomic mass is 10.2. The summed E-state index contributed by atoms with van der Waals surface area (Å²) in [5.41, 5.74) is 0.823. The van der Waals surface area contributed by atoms with Crippen LogP contribution in [-0.2, 0) is 10.0 Å². The normalized spacial score (nSPS) is 11.9. The number of carbonyl (C=O) groups is 1. The highest BCUT2D eigenvalue weighted by atomic mass is 32.2. The van der Waals surface area contributed by atoms with Crippen LogP contribution in [0, 0.1) is 10.1 Å². The molecule has 0 spiro atoms. The lowest BCUT2D eigenvalue weighted by Gasteiger charge is -2.17. The minimum absolute atomic E-state index is 0.0536. The summed E-state index contributed by atoms with van der Waals surface area (Å²) in [4.78, 5) is 29.2. The molecule has 4 rings (SSSR count). The van der Waals surface area contributed by atoms with Crippen molar-refractivity contribution in [3.05, 3.63) is 75.2 Å². The second-order valence-corrected chi connectivity index (χ2v) is 12.5. The molecule has 4 aromatic rings. The van der Waals surface area contributed by atoms with E-state index in [-0.39, 0.29) is 20.6 Å². The molecule has 0 fully saturated rings. The van der Waals surface area contributed by atoms with Crippen molar-refractivity contribution in [3.8, 4) is 5.75 Å². The van der Waals surface area contributed by atoms with Crippen molar-refractivity contribution in [1.29, 1.82) is 0 Å². The number of thiazole rings is 1. The van der Waals surface area contributed by atoms with Crippen LogP contribution in [-0.4, -0.2) is 55.5 Å². The summed E-state index contributed by atoms with van der Waals surface area (Å²) in [5, 5.41) is 16.7. The minimum atomic E-state index is -3.70. The van der Waals surface area contributed by atoms with Crippen molar-refractivity contribution < 1.29 is 22.9 Å². The van der Waals surface area contributed by atoms with Crippen molar-refractivity contribution in [2.75, 3.05) is 25.7 Å². The van der Waals surface area contributed by atoms with Gasteiger partial charge in [0.1, 0.15) is 5.75 Å². The first kappa shape index (κ1) is 28.3. The predicted octanol–water partition coefficient (Wildman–Crippen LogP) is 5.38. The number of thiophene rings is 1. The maximum Gasteiger partial charge on any atom is 0.324 e. The Morgan fingerprint density at radius 3 is 2.54 bits per heavy atom. The van der Waals surface area contributed by atoms with Crippen LogP contribution < -0.4 is 9.75 Å². The number of rotatable bonds is 11. The number of aromatic nitrogens is 1. The summed E-state index contributed by atoms with van der Waals surface area (Å²) in [7, 11) is -0.622. The number of unbranched alkanes of at least 4 members (excludes halogenated alkanes) is 1. The van der Waals surface area contributed by atoms with Gasteiger partial charge in [0, 0.05) is 25.2 Å². The second-order valence-electron chi connectivity index (χ2n) is 8.33. The van der Waals surface area contributed by atoms with E-state index in [1.165, 1.54) is 65.3 Å². The van der Waals surface area contributed by atoms with Crippen molar-refractivity contribution >= 4 is 65.2 Å². The van der Waals surface area contributed by atoms with E-state index in [9.17, 15) is 23.3 Å². The van der Waals surface area contributed by atoms with Crippen molar-refractivity contribution in [1.82, 2.24) is 9.29 Å². The number of amides is 1. The third kappa shape index (κ3) is 6.30. The van der Waals surface area contributed by atoms with Gasteiger partial charge in [-0.2, -0.15) is 10.1 Å². The van der Waals surface area contributed by atoms with Gasteiger partial charge in [-0.05, 0) is 55.0 Å². The van der Waals surface area contributed by atoms with Crippen molar-refractivity contribution in [3.63, 3.8) is 0 Å². The van der Waals surface area contributed by atoms with E-state index in [1.807, 2.05) is 6.92 Å². The predicted molar refractivity (Wildman–Crippen MR) is 153 cm³/mol. The first-order valence-electron chi connectivity index (χ1n) is 11.8. The summed E-state index contributed by atoms with van der Waals surface area (Å²) >= 11 is 2.13. The fraction of sp³-hybridized carbons (Fsp3) is 0.240. The van der Waals surface area contributed by atoms with Gasteiger partial charge < -0.3 is 4.74 Å². The average molecular weight is 588 g/mol. The highest BCUT2D eigenvalue weighted by Gasteiger charge is 2.24. The number of sulfonamides is 1. The largest absolute Gasteiger partial charge is 0.497 e. The maximum absolute atomic E-state index is 13.6. The van der Waals surface area contributed by atoms with Gasteiger partial charge in [0.2, 0.25) is 15.2 Å². The standard InChI is InChI=1S/C25H25N5O6S3/c1-4-5-14-28(2)39(34,35)20-10-6-17(7-11-20)24(31)29(26-16-19-9-13-23(37-19)30(32)33)25-27-21-12-8-18(36-3)15-22(21)38-25/h6-13,15-16H,4-5,14H2,1-3H3/b26-16+. The number of ether oxygens (including phenoxy) is 1. The molecule has 2 aromatic heterocycles. The molecular formula is C25H25N5O6S3. The lowest BCUT2D eigenvalue weighted by Crippen LogP contribution is -2.28. The van der Waals surface area contributed by atoms with E-state index < -0.39 is 20.9 Å². The Bertz CT molecular complexity index is 1630. The third-order valence-corrected chi connectivity index (χ3v) is 9.52. The highest BCUT2D eigenvalue weighted by Crippen LogP contribution is 2.33. The first-order chi connectivity index (χ1) is 18.6. The fourth-order valence-corrected chi connectivity index (χ4v) is 6.34. The van der Waals surface area contributed by atoms with Gasteiger partial charge >= 0.3 is 5.00 Å². The number of carbonyl (C=O) groups excluding carboxylic acids is 1. The molecule has 1 amide bonds. The average Bonchev–Trinajstić information content (AvgIpc) is 3.58. The molecule has 2 heterocycles.